The van der Waals surface area contributed by atoms with Crippen LogP contribution in [0.1, 0.15) is 35.3 Å². The number of hydrogen-bond donors (Lipinski definition) is 3. The number of nitrogens with two attached hydrogens (primary N) is 1. The molecule has 1 unspecified atom stereocenters. The van der Waals surface area contributed by atoms with E-state index in [9.17, 15) is 9.59 Å². The van der Waals surface area contributed by atoms with Gasteiger partial charge >= 0.3 is 5.97 Å². The molecule has 6 nitrogen and oxygen atoms in total. The molecule has 4 N–H and O–H groups in total. The van der Waals surface area contributed by atoms with Crippen molar-refractivity contribution in [2.45, 2.75) is 26.3 Å². The number of aromatic nitrogens is 1. The van der Waals surface area contributed by atoms with Gasteiger partial charge in [-0.15, -0.1) is 11.3 Å². The van der Waals surface area contributed by atoms with Crippen LogP contribution in [0, 0.1) is 5.92 Å². The Morgan fingerprint density at radius 2 is 2.33 bits per heavy atom. The third kappa shape index (κ3) is 4.80. The van der Waals surface area contributed by atoms with E-state index in [4.69, 9.17) is 10.8 Å². The maximum Gasteiger partial charge on any atom is 0.303 e. The van der Waals surface area contributed by atoms with Crippen molar-refractivity contribution in [3.63, 3.8) is 0 Å². The van der Waals surface area contributed by atoms with Crippen molar-refractivity contribution in [2.75, 3.05) is 6.54 Å². The lowest BCUT2D eigenvalue weighted by atomic mass is 10.1. The second kappa shape index (κ2) is 7.07. The fourth-order valence-electron chi connectivity index (χ4n) is 1.34. The normalized spacial score (nSPS) is 12.1. The zero-order chi connectivity index (χ0) is 13.5. The zero-order valence-corrected chi connectivity index (χ0v) is 11.0. The number of thiazole rings is 1. The van der Waals surface area contributed by atoms with Gasteiger partial charge in [0.15, 0.2) is 0 Å². The Morgan fingerprint density at radius 3 is 2.89 bits per heavy atom. The summed E-state index contributed by atoms with van der Waals surface area (Å²) in [4.78, 5) is 26.2. The molecule has 1 rings (SSSR count). The molecule has 0 saturated carbocycles. The van der Waals surface area contributed by atoms with Gasteiger partial charge < -0.3 is 16.2 Å². The molecule has 0 fully saturated rings. The predicted molar refractivity (Wildman–Crippen MR) is 68.4 cm³/mol. The Labute approximate surface area is 109 Å². The van der Waals surface area contributed by atoms with Crippen LogP contribution in [0.4, 0.5) is 0 Å². The highest BCUT2D eigenvalue weighted by Gasteiger charge is 2.12. The number of hydrogen-bond acceptors (Lipinski definition) is 5. The van der Waals surface area contributed by atoms with Gasteiger partial charge in [-0.05, 0) is 12.3 Å². The van der Waals surface area contributed by atoms with Crippen LogP contribution >= 0.6 is 11.3 Å². The van der Waals surface area contributed by atoms with Gasteiger partial charge in [-0.25, -0.2) is 4.98 Å². The van der Waals surface area contributed by atoms with Crippen molar-refractivity contribution < 1.29 is 14.7 Å². The molecule has 0 aliphatic rings. The summed E-state index contributed by atoms with van der Waals surface area (Å²) in [5, 5.41) is 13.7. The number of carbonyl (C=O) groups excluding carboxylic acids is 1. The number of aliphatic carboxylic acids is 1. The zero-order valence-electron chi connectivity index (χ0n) is 10.2. The van der Waals surface area contributed by atoms with E-state index >= 15 is 0 Å². The van der Waals surface area contributed by atoms with Gasteiger partial charge in [0, 0.05) is 24.9 Å². The summed E-state index contributed by atoms with van der Waals surface area (Å²) in [6.45, 7) is 2.67. The highest BCUT2D eigenvalue weighted by Crippen LogP contribution is 2.09. The van der Waals surface area contributed by atoms with Crippen LogP contribution in [0.3, 0.4) is 0 Å². The summed E-state index contributed by atoms with van der Waals surface area (Å²) >= 11 is 1.35. The van der Waals surface area contributed by atoms with E-state index in [2.05, 4.69) is 10.3 Å². The van der Waals surface area contributed by atoms with Crippen LogP contribution in [0.5, 0.6) is 0 Å². The maximum absolute atomic E-state index is 11.7. The first kappa shape index (κ1) is 14.6. The van der Waals surface area contributed by atoms with E-state index < -0.39 is 5.97 Å². The molecule has 18 heavy (non-hydrogen) atoms. The van der Waals surface area contributed by atoms with Crippen molar-refractivity contribution in [3.8, 4) is 0 Å². The Hall–Kier alpha value is -1.47. The minimum atomic E-state index is -0.819. The Bertz CT molecular complexity index is 419. The van der Waals surface area contributed by atoms with Crippen LogP contribution in [0.25, 0.3) is 0 Å². The predicted octanol–water partition coefficient (Wildman–Crippen LogP) is 0.832. The smallest absolute Gasteiger partial charge is 0.303 e. The molecule has 1 atom stereocenters. The molecule has 1 aromatic heterocycles. The molecular weight excluding hydrogens is 254 g/mol. The largest absolute Gasteiger partial charge is 0.481 e. The van der Waals surface area contributed by atoms with Crippen LogP contribution in [0.2, 0.25) is 0 Å². The summed E-state index contributed by atoms with van der Waals surface area (Å²) in [5.41, 5.74) is 5.78. The van der Waals surface area contributed by atoms with E-state index in [1.54, 1.807) is 5.38 Å². The summed E-state index contributed by atoms with van der Waals surface area (Å²) in [7, 11) is 0. The maximum atomic E-state index is 11.7. The Morgan fingerprint density at radius 1 is 1.61 bits per heavy atom. The summed E-state index contributed by atoms with van der Waals surface area (Å²) in [6, 6.07) is 0. The molecule has 100 valence electrons. The molecule has 0 saturated heterocycles. The summed E-state index contributed by atoms with van der Waals surface area (Å²) < 4.78 is 0. The fourth-order valence-corrected chi connectivity index (χ4v) is 1.99. The van der Waals surface area contributed by atoms with Crippen molar-refractivity contribution in [2.24, 2.45) is 11.7 Å². The minimum absolute atomic E-state index is 0.116. The average molecular weight is 271 g/mol. The lowest BCUT2D eigenvalue weighted by Crippen LogP contribution is -2.28. The molecular formula is C11H17N3O3S. The molecule has 0 radical (unpaired) electrons. The quantitative estimate of drug-likeness (QED) is 0.681. The summed E-state index contributed by atoms with van der Waals surface area (Å²) in [5.74, 6) is -0.939. The number of nitrogens with one attached hydrogen (secondary N) is 1. The molecule has 1 heterocycles. The lowest BCUT2D eigenvalue weighted by molar-refractivity contribution is -0.137. The summed E-state index contributed by atoms with van der Waals surface area (Å²) in [6.07, 6.45) is 0.659. The molecule has 7 heteroatoms. The van der Waals surface area contributed by atoms with Crippen LogP contribution < -0.4 is 11.1 Å². The first-order valence-corrected chi connectivity index (χ1v) is 6.55. The number of nitrogens with zero attached hydrogens (tertiary/aromatic N) is 1. The molecule has 0 aromatic carbocycles. The van der Waals surface area contributed by atoms with E-state index in [1.165, 1.54) is 11.3 Å². The highest BCUT2D eigenvalue weighted by atomic mass is 32.1. The van der Waals surface area contributed by atoms with Gasteiger partial charge in [0.1, 0.15) is 10.7 Å². The average Bonchev–Trinajstić information content (AvgIpc) is 2.82. The van der Waals surface area contributed by atoms with E-state index in [1.807, 2.05) is 6.92 Å². The van der Waals surface area contributed by atoms with Crippen LogP contribution in [-0.4, -0.2) is 28.5 Å². The topological polar surface area (TPSA) is 105 Å². The number of rotatable bonds is 7. The molecule has 0 spiro atoms. The molecule has 0 bridgehead atoms. The SMILES string of the molecule is CC(CCC(=O)O)CNC(=O)c1csc(CN)n1. The highest BCUT2D eigenvalue weighted by molar-refractivity contribution is 7.09. The lowest BCUT2D eigenvalue weighted by Gasteiger charge is -2.10. The Kier molecular flexibility index (Phi) is 5.73. The van der Waals surface area contributed by atoms with Gasteiger partial charge in [-0.3, -0.25) is 9.59 Å². The third-order valence-corrected chi connectivity index (χ3v) is 3.29. The number of carbonyl (C=O) groups is 2. The van der Waals surface area contributed by atoms with E-state index in [0.29, 0.717) is 25.2 Å². The monoisotopic (exact) mass is 271 g/mol. The third-order valence-electron chi connectivity index (χ3n) is 2.42. The van der Waals surface area contributed by atoms with Gasteiger partial charge in [0.25, 0.3) is 5.91 Å². The van der Waals surface area contributed by atoms with Gasteiger partial charge in [-0.1, -0.05) is 6.92 Å². The molecule has 0 aliphatic carbocycles. The standard InChI is InChI=1S/C11H17N3O3S/c1-7(2-3-10(15)16)5-13-11(17)8-6-18-9(4-12)14-8/h6-7H,2-5,12H2,1H3,(H,13,17)(H,15,16). The Balaban J connectivity index is 2.34. The minimum Gasteiger partial charge on any atom is -0.481 e. The van der Waals surface area contributed by atoms with Gasteiger partial charge in [0.05, 0.1) is 0 Å². The second-order valence-corrected chi connectivity index (χ2v) is 5.02. The van der Waals surface area contributed by atoms with Crippen molar-refractivity contribution in [1.82, 2.24) is 10.3 Å². The van der Waals surface area contributed by atoms with Crippen LogP contribution in [-0.2, 0) is 11.3 Å². The number of carboxylic acid groups (broad SMARTS) is 1. The van der Waals surface area contributed by atoms with Crippen molar-refractivity contribution in [3.05, 3.63) is 16.1 Å². The van der Waals surface area contributed by atoms with E-state index in [0.717, 1.165) is 5.01 Å². The van der Waals surface area contributed by atoms with Crippen LogP contribution in [0.15, 0.2) is 5.38 Å². The fraction of sp³-hybridized carbons (Fsp3) is 0.545. The molecule has 1 aromatic rings. The van der Waals surface area contributed by atoms with Gasteiger partial charge in [0.2, 0.25) is 0 Å². The van der Waals surface area contributed by atoms with Crippen molar-refractivity contribution >= 4 is 23.2 Å². The molecule has 1 amide bonds. The number of amides is 1. The first-order valence-electron chi connectivity index (χ1n) is 5.67. The molecule has 0 aliphatic heterocycles. The van der Waals surface area contributed by atoms with E-state index in [-0.39, 0.29) is 18.2 Å². The first-order chi connectivity index (χ1) is 8.52. The number of carboxylic acids is 1. The van der Waals surface area contributed by atoms with Gasteiger partial charge in [-0.2, -0.15) is 0 Å². The van der Waals surface area contributed by atoms with Crippen molar-refractivity contribution in [1.29, 1.82) is 0 Å². The second-order valence-electron chi connectivity index (χ2n) is 4.08.